The third-order valence-electron chi connectivity index (χ3n) is 3.72. The molecule has 98 valence electrons. The van der Waals surface area contributed by atoms with E-state index < -0.39 is 0 Å². The molecule has 1 atom stereocenters. The van der Waals surface area contributed by atoms with Gasteiger partial charge in [0.15, 0.2) is 0 Å². The van der Waals surface area contributed by atoms with Gasteiger partial charge >= 0.3 is 0 Å². The van der Waals surface area contributed by atoms with E-state index in [1.54, 1.807) is 0 Å². The third kappa shape index (κ3) is 4.65. The Morgan fingerprint density at radius 1 is 1.18 bits per heavy atom. The van der Waals surface area contributed by atoms with E-state index in [1.165, 1.54) is 32.1 Å². The first-order valence-corrected chi connectivity index (χ1v) is 6.97. The molecule has 0 aromatic heterocycles. The first kappa shape index (κ1) is 14.5. The van der Waals surface area contributed by atoms with Crippen LogP contribution in [-0.2, 0) is 4.74 Å². The van der Waals surface area contributed by atoms with Gasteiger partial charge in [-0.2, -0.15) is 5.26 Å². The van der Waals surface area contributed by atoms with Crippen molar-refractivity contribution in [3.8, 4) is 6.07 Å². The zero-order valence-electron chi connectivity index (χ0n) is 11.4. The van der Waals surface area contributed by atoms with E-state index in [4.69, 9.17) is 4.74 Å². The molecule has 0 aromatic rings. The van der Waals surface area contributed by atoms with Gasteiger partial charge in [-0.25, -0.2) is 0 Å². The van der Waals surface area contributed by atoms with Crippen LogP contribution in [0.3, 0.4) is 0 Å². The van der Waals surface area contributed by atoms with Crippen LogP contribution in [0.1, 0.15) is 52.4 Å². The lowest BCUT2D eigenvalue weighted by Crippen LogP contribution is -2.50. The van der Waals surface area contributed by atoms with Crippen LogP contribution in [0.2, 0.25) is 0 Å². The molecule has 3 nitrogen and oxygen atoms in total. The van der Waals surface area contributed by atoms with Gasteiger partial charge in [0.05, 0.1) is 19.3 Å². The van der Waals surface area contributed by atoms with E-state index in [0.717, 1.165) is 32.7 Å². The molecule has 3 heteroatoms. The SMILES string of the molecule is CCCCCCCC(C)(C#N)N1CCOCC1. The summed E-state index contributed by atoms with van der Waals surface area (Å²) in [4.78, 5) is 2.29. The fraction of sp³-hybridized carbons (Fsp3) is 0.929. The molecule has 0 saturated carbocycles. The van der Waals surface area contributed by atoms with Crippen molar-refractivity contribution in [1.29, 1.82) is 5.26 Å². The highest BCUT2D eigenvalue weighted by Crippen LogP contribution is 2.23. The molecule has 1 heterocycles. The summed E-state index contributed by atoms with van der Waals surface area (Å²) in [5.41, 5.74) is -0.282. The van der Waals surface area contributed by atoms with Crippen LogP contribution in [0.5, 0.6) is 0 Å². The highest BCUT2D eigenvalue weighted by atomic mass is 16.5. The molecule has 1 fully saturated rings. The van der Waals surface area contributed by atoms with Crippen molar-refractivity contribution in [1.82, 2.24) is 4.90 Å². The van der Waals surface area contributed by atoms with Crippen molar-refractivity contribution >= 4 is 0 Å². The van der Waals surface area contributed by atoms with Crippen molar-refractivity contribution < 1.29 is 4.74 Å². The van der Waals surface area contributed by atoms with Crippen LogP contribution < -0.4 is 0 Å². The maximum absolute atomic E-state index is 9.41. The Labute approximate surface area is 106 Å². The maximum atomic E-state index is 9.41. The molecular formula is C14H26N2O. The van der Waals surface area contributed by atoms with E-state index in [9.17, 15) is 5.26 Å². The number of hydrogen-bond acceptors (Lipinski definition) is 3. The molecule has 0 N–H and O–H groups in total. The normalized spacial score (nSPS) is 20.8. The predicted octanol–water partition coefficient (Wildman–Crippen LogP) is 2.96. The Balaban J connectivity index is 2.31. The van der Waals surface area contributed by atoms with Crippen LogP contribution in [0.25, 0.3) is 0 Å². The van der Waals surface area contributed by atoms with Gasteiger partial charge in [-0.3, -0.25) is 4.90 Å². The van der Waals surface area contributed by atoms with Gasteiger partial charge in [0.2, 0.25) is 0 Å². The number of unbranched alkanes of at least 4 members (excludes halogenated alkanes) is 4. The molecule has 0 aromatic carbocycles. The number of nitriles is 1. The van der Waals surface area contributed by atoms with Gasteiger partial charge in [0.25, 0.3) is 0 Å². The first-order valence-electron chi connectivity index (χ1n) is 6.97. The number of hydrogen-bond donors (Lipinski definition) is 0. The molecule has 1 aliphatic rings. The van der Waals surface area contributed by atoms with Gasteiger partial charge < -0.3 is 4.74 Å². The van der Waals surface area contributed by atoms with E-state index >= 15 is 0 Å². The molecule has 0 amide bonds. The second-order valence-electron chi connectivity index (χ2n) is 5.15. The van der Waals surface area contributed by atoms with Gasteiger partial charge in [-0.1, -0.05) is 39.0 Å². The van der Waals surface area contributed by atoms with Crippen molar-refractivity contribution in [3.63, 3.8) is 0 Å². The van der Waals surface area contributed by atoms with E-state index in [-0.39, 0.29) is 5.54 Å². The van der Waals surface area contributed by atoms with Crippen LogP contribution in [0.15, 0.2) is 0 Å². The molecular weight excluding hydrogens is 212 g/mol. The maximum Gasteiger partial charge on any atom is 0.106 e. The molecule has 0 bridgehead atoms. The summed E-state index contributed by atoms with van der Waals surface area (Å²) in [6, 6.07) is 2.51. The molecule has 17 heavy (non-hydrogen) atoms. The van der Waals surface area contributed by atoms with Crippen molar-refractivity contribution in [2.75, 3.05) is 26.3 Å². The van der Waals surface area contributed by atoms with Crippen LogP contribution in [-0.4, -0.2) is 36.7 Å². The van der Waals surface area contributed by atoms with E-state index in [2.05, 4.69) is 24.8 Å². The van der Waals surface area contributed by atoms with E-state index in [1.807, 2.05) is 0 Å². The lowest BCUT2D eigenvalue weighted by molar-refractivity contribution is -0.00122. The Hall–Kier alpha value is -0.590. The first-order chi connectivity index (χ1) is 8.23. The molecule has 0 aliphatic carbocycles. The lowest BCUT2D eigenvalue weighted by atomic mass is 9.93. The van der Waals surface area contributed by atoms with Crippen molar-refractivity contribution in [3.05, 3.63) is 0 Å². The smallest absolute Gasteiger partial charge is 0.106 e. The fourth-order valence-corrected chi connectivity index (χ4v) is 2.41. The van der Waals surface area contributed by atoms with E-state index in [0.29, 0.717) is 0 Å². The van der Waals surface area contributed by atoms with Gasteiger partial charge in [0, 0.05) is 13.1 Å². The van der Waals surface area contributed by atoms with Crippen LogP contribution >= 0.6 is 0 Å². The molecule has 0 radical (unpaired) electrons. The molecule has 1 rings (SSSR count). The summed E-state index contributed by atoms with van der Waals surface area (Å²) in [7, 11) is 0. The fourth-order valence-electron chi connectivity index (χ4n) is 2.41. The minimum absolute atomic E-state index is 0.282. The molecule has 1 aliphatic heterocycles. The van der Waals surface area contributed by atoms with Crippen LogP contribution in [0.4, 0.5) is 0 Å². The monoisotopic (exact) mass is 238 g/mol. The highest BCUT2D eigenvalue weighted by Gasteiger charge is 2.32. The Morgan fingerprint density at radius 2 is 1.82 bits per heavy atom. The second kappa shape index (κ2) is 7.68. The topological polar surface area (TPSA) is 36.3 Å². The van der Waals surface area contributed by atoms with Gasteiger partial charge in [0.1, 0.15) is 5.54 Å². The molecule has 0 spiro atoms. The van der Waals surface area contributed by atoms with Crippen LogP contribution in [0, 0.1) is 11.3 Å². The van der Waals surface area contributed by atoms with Gasteiger partial charge in [-0.05, 0) is 13.3 Å². The average Bonchev–Trinajstić information content (AvgIpc) is 2.39. The average molecular weight is 238 g/mol. The summed E-state index contributed by atoms with van der Waals surface area (Å²) in [6.07, 6.45) is 7.32. The second-order valence-corrected chi connectivity index (χ2v) is 5.15. The highest BCUT2D eigenvalue weighted by molar-refractivity contribution is 5.05. The zero-order valence-corrected chi connectivity index (χ0v) is 11.4. The summed E-state index contributed by atoms with van der Waals surface area (Å²) >= 11 is 0. The largest absolute Gasteiger partial charge is 0.379 e. The molecule has 1 unspecified atom stereocenters. The summed E-state index contributed by atoms with van der Waals surface area (Å²) in [5.74, 6) is 0. The minimum Gasteiger partial charge on any atom is -0.379 e. The number of ether oxygens (including phenoxy) is 1. The number of morpholine rings is 1. The summed E-state index contributed by atoms with van der Waals surface area (Å²) in [5, 5.41) is 9.41. The summed E-state index contributed by atoms with van der Waals surface area (Å²) < 4.78 is 5.35. The number of rotatable bonds is 7. The quantitative estimate of drug-likeness (QED) is 0.640. The summed E-state index contributed by atoms with van der Waals surface area (Å²) in [6.45, 7) is 7.66. The van der Waals surface area contributed by atoms with Crippen molar-refractivity contribution in [2.24, 2.45) is 0 Å². The number of nitrogens with zero attached hydrogens (tertiary/aromatic N) is 2. The Bertz CT molecular complexity index is 243. The standard InChI is InChI=1S/C14H26N2O/c1-3-4-5-6-7-8-14(2,13-15)16-9-11-17-12-10-16/h3-12H2,1-2H3. The Morgan fingerprint density at radius 3 is 2.41 bits per heavy atom. The van der Waals surface area contributed by atoms with Gasteiger partial charge in [-0.15, -0.1) is 0 Å². The molecule has 1 saturated heterocycles. The lowest BCUT2D eigenvalue weighted by Gasteiger charge is -2.38. The predicted molar refractivity (Wildman–Crippen MR) is 69.8 cm³/mol. The van der Waals surface area contributed by atoms with Crippen molar-refractivity contribution in [2.45, 2.75) is 57.9 Å². The third-order valence-corrected chi connectivity index (χ3v) is 3.72. The Kier molecular flexibility index (Phi) is 6.54. The minimum atomic E-state index is -0.282. The zero-order chi connectivity index (χ0) is 12.6.